The third kappa shape index (κ3) is 3.77. The van der Waals surface area contributed by atoms with Crippen LogP contribution in [0.2, 0.25) is 0 Å². The molecule has 94 valence electrons. The summed E-state index contributed by atoms with van der Waals surface area (Å²) in [6.45, 7) is 6.88. The molecule has 0 aromatic heterocycles. The van der Waals surface area contributed by atoms with Gasteiger partial charge in [0.2, 0.25) is 0 Å². The Morgan fingerprint density at radius 1 is 1.41 bits per heavy atom. The molecule has 0 heterocycles. The molecule has 0 aliphatic rings. The summed E-state index contributed by atoms with van der Waals surface area (Å²) in [4.78, 5) is 12.0. The molecule has 17 heavy (non-hydrogen) atoms. The Morgan fingerprint density at radius 2 is 2.12 bits per heavy atom. The first kappa shape index (κ1) is 13.6. The summed E-state index contributed by atoms with van der Waals surface area (Å²) in [5, 5.41) is 2.91. The van der Waals surface area contributed by atoms with Gasteiger partial charge in [-0.2, -0.15) is 0 Å². The molecular weight excluding hydrogens is 214 g/mol. The number of aryl methyl sites for hydroxylation is 1. The predicted molar refractivity (Wildman–Crippen MR) is 69.5 cm³/mol. The Bertz CT molecular complexity index is 386. The van der Waals surface area contributed by atoms with Crippen molar-refractivity contribution in [3.8, 4) is 5.75 Å². The molecule has 3 nitrogen and oxygen atoms in total. The molecule has 0 aliphatic heterocycles. The lowest BCUT2D eigenvalue weighted by molar-refractivity contribution is 0.0946. The summed E-state index contributed by atoms with van der Waals surface area (Å²) < 4.78 is 5.21. The number of hydrogen-bond donors (Lipinski definition) is 1. The minimum absolute atomic E-state index is 0.0640. The molecule has 1 amide bonds. The summed E-state index contributed by atoms with van der Waals surface area (Å²) in [5.41, 5.74) is 1.76. The number of carbonyl (C=O) groups excluding carboxylic acids is 1. The second-order valence-electron chi connectivity index (χ2n) is 4.49. The van der Waals surface area contributed by atoms with Crippen LogP contribution in [-0.4, -0.2) is 19.6 Å². The van der Waals surface area contributed by atoms with E-state index in [0.29, 0.717) is 23.8 Å². The van der Waals surface area contributed by atoms with Gasteiger partial charge < -0.3 is 10.1 Å². The Balaban J connectivity index is 2.89. The van der Waals surface area contributed by atoms with Gasteiger partial charge in [-0.25, -0.2) is 0 Å². The lowest BCUT2D eigenvalue weighted by atomic mass is 10.1. The van der Waals surface area contributed by atoms with Crippen molar-refractivity contribution in [1.29, 1.82) is 0 Å². The van der Waals surface area contributed by atoms with E-state index in [-0.39, 0.29) is 5.91 Å². The average Bonchev–Trinajstić information content (AvgIpc) is 2.34. The van der Waals surface area contributed by atoms with Gasteiger partial charge in [-0.15, -0.1) is 0 Å². The molecule has 0 aliphatic carbocycles. The third-order valence-electron chi connectivity index (χ3n) is 2.59. The molecule has 0 saturated carbocycles. The molecule has 0 spiro atoms. The van der Waals surface area contributed by atoms with Crippen LogP contribution in [0, 0.1) is 5.92 Å². The zero-order valence-corrected chi connectivity index (χ0v) is 11.0. The molecule has 1 aromatic rings. The van der Waals surface area contributed by atoms with Crippen molar-refractivity contribution < 1.29 is 9.53 Å². The number of rotatable bonds is 5. The van der Waals surface area contributed by atoms with Crippen LogP contribution in [0.5, 0.6) is 5.75 Å². The standard InChI is InChI=1S/C14H21NO2/c1-5-11-6-7-13(17-4)12(8-11)14(16)15-9-10(2)3/h6-8,10H,5,9H2,1-4H3,(H,15,16). The molecule has 0 saturated heterocycles. The Hall–Kier alpha value is -1.51. The number of nitrogens with one attached hydrogen (secondary N) is 1. The highest BCUT2D eigenvalue weighted by Crippen LogP contribution is 2.20. The Kier molecular flexibility index (Phi) is 5.01. The van der Waals surface area contributed by atoms with E-state index in [1.807, 2.05) is 18.2 Å². The normalized spacial score (nSPS) is 10.4. The van der Waals surface area contributed by atoms with Crippen LogP contribution in [0.25, 0.3) is 0 Å². The van der Waals surface area contributed by atoms with E-state index >= 15 is 0 Å². The van der Waals surface area contributed by atoms with Gasteiger partial charge in [0.1, 0.15) is 5.75 Å². The number of hydrogen-bond acceptors (Lipinski definition) is 2. The maximum Gasteiger partial charge on any atom is 0.255 e. The largest absolute Gasteiger partial charge is 0.496 e. The number of carbonyl (C=O) groups is 1. The van der Waals surface area contributed by atoms with Crippen LogP contribution >= 0.6 is 0 Å². The van der Waals surface area contributed by atoms with Gasteiger partial charge in [-0.05, 0) is 30.0 Å². The molecule has 0 radical (unpaired) electrons. The van der Waals surface area contributed by atoms with Crippen molar-refractivity contribution in [1.82, 2.24) is 5.32 Å². The Morgan fingerprint density at radius 3 is 2.65 bits per heavy atom. The number of ether oxygens (including phenoxy) is 1. The van der Waals surface area contributed by atoms with Gasteiger partial charge in [0.25, 0.3) is 5.91 Å². The van der Waals surface area contributed by atoms with Crippen LogP contribution in [-0.2, 0) is 6.42 Å². The zero-order valence-electron chi connectivity index (χ0n) is 11.0. The highest BCUT2D eigenvalue weighted by atomic mass is 16.5. The first-order chi connectivity index (χ1) is 8.08. The molecule has 0 atom stereocenters. The Labute approximate surface area is 103 Å². The van der Waals surface area contributed by atoms with Crippen LogP contribution in [0.15, 0.2) is 18.2 Å². The van der Waals surface area contributed by atoms with E-state index in [1.54, 1.807) is 7.11 Å². The van der Waals surface area contributed by atoms with E-state index in [1.165, 1.54) is 0 Å². The SMILES string of the molecule is CCc1ccc(OC)c(C(=O)NCC(C)C)c1. The van der Waals surface area contributed by atoms with Gasteiger partial charge in [-0.3, -0.25) is 4.79 Å². The smallest absolute Gasteiger partial charge is 0.255 e. The van der Waals surface area contributed by atoms with E-state index in [4.69, 9.17) is 4.74 Å². The van der Waals surface area contributed by atoms with Gasteiger partial charge in [-0.1, -0.05) is 26.8 Å². The molecule has 1 aromatic carbocycles. The van der Waals surface area contributed by atoms with E-state index < -0.39 is 0 Å². The van der Waals surface area contributed by atoms with Crippen LogP contribution in [0.1, 0.15) is 36.7 Å². The second kappa shape index (κ2) is 6.28. The van der Waals surface area contributed by atoms with Gasteiger partial charge >= 0.3 is 0 Å². The summed E-state index contributed by atoms with van der Waals surface area (Å²) in [7, 11) is 1.58. The predicted octanol–water partition coefficient (Wildman–Crippen LogP) is 2.64. The summed E-state index contributed by atoms with van der Waals surface area (Å²) in [6.07, 6.45) is 0.911. The highest BCUT2D eigenvalue weighted by Gasteiger charge is 2.12. The molecule has 0 fully saturated rings. The van der Waals surface area contributed by atoms with Crippen LogP contribution < -0.4 is 10.1 Å². The third-order valence-corrected chi connectivity index (χ3v) is 2.59. The molecular formula is C14H21NO2. The fraction of sp³-hybridized carbons (Fsp3) is 0.500. The molecule has 1 rings (SSSR count). The van der Waals surface area contributed by atoms with E-state index in [0.717, 1.165) is 12.0 Å². The van der Waals surface area contributed by atoms with Gasteiger partial charge in [0.05, 0.1) is 12.7 Å². The molecule has 0 bridgehead atoms. The summed E-state index contributed by atoms with van der Waals surface area (Å²) in [6, 6.07) is 5.73. The van der Waals surface area contributed by atoms with Gasteiger partial charge in [0, 0.05) is 6.54 Å². The van der Waals surface area contributed by atoms with Crippen molar-refractivity contribution in [2.75, 3.05) is 13.7 Å². The molecule has 0 unspecified atom stereocenters. The fourth-order valence-electron chi connectivity index (χ4n) is 1.54. The van der Waals surface area contributed by atoms with E-state index in [9.17, 15) is 4.79 Å². The number of amides is 1. The lowest BCUT2D eigenvalue weighted by Crippen LogP contribution is -2.27. The minimum atomic E-state index is -0.0640. The zero-order chi connectivity index (χ0) is 12.8. The monoisotopic (exact) mass is 235 g/mol. The van der Waals surface area contributed by atoms with E-state index in [2.05, 4.69) is 26.1 Å². The van der Waals surface area contributed by atoms with Crippen molar-refractivity contribution in [2.45, 2.75) is 27.2 Å². The van der Waals surface area contributed by atoms with Crippen molar-refractivity contribution in [3.63, 3.8) is 0 Å². The van der Waals surface area contributed by atoms with Crippen LogP contribution in [0.4, 0.5) is 0 Å². The lowest BCUT2D eigenvalue weighted by Gasteiger charge is -2.12. The summed E-state index contributed by atoms with van der Waals surface area (Å²) >= 11 is 0. The molecule has 1 N–H and O–H groups in total. The van der Waals surface area contributed by atoms with Gasteiger partial charge in [0.15, 0.2) is 0 Å². The van der Waals surface area contributed by atoms with Crippen molar-refractivity contribution >= 4 is 5.91 Å². The quantitative estimate of drug-likeness (QED) is 0.852. The first-order valence-corrected chi connectivity index (χ1v) is 6.03. The maximum absolute atomic E-state index is 12.0. The number of benzene rings is 1. The van der Waals surface area contributed by atoms with Crippen molar-refractivity contribution in [3.05, 3.63) is 29.3 Å². The average molecular weight is 235 g/mol. The van der Waals surface area contributed by atoms with Crippen molar-refractivity contribution in [2.24, 2.45) is 5.92 Å². The maximum atomic E-state index is 12.0. The van der Waals surface area contributed by atoms with Crippen LogP contribution in [0.3, 0.4) is 0 Å². The minimum Gasteiger partial charge on any atom is -0.496 e. The first-order valence-electron chi connectivity index (χ1n) is 6.03. The second-order valence-corrected chi connectivity index (χ2v) is 4.49. The molecule has 3 heteroatoms. The highest BCUT2D eigenvalue weighted by molar-refractivity contribution is 5.97. The number of methoxy groups -OCH3 is 1. The fourth-order valence-corrected chi connectivity index (χ4v) is 1.54. The summed E-state index contributed by atoms with van der Waals surface area (Å²) in [5.74, 6) is 1.01. The topological polar surface area (TPSA) is 38.3 Å².